The van der Waals surface area contributed by atoms with Gasteiger partial charge in [-0.25, -0.2) is 19.9 Å². The third-order valence-electron chi connectivity index (χ3n) is 6.19. The Labute approximate surface area is 289 Å². The number of nitrogens with zero attached hydrogens (tertiary/aromatic N) is 5. The SMILES string of the molecule is C.C.C.Nc1nccc(COc2ccc(N)c3ccccc23)n1.Nc1nccc(COc2ccc([N+](=O)[O-])c3ccccc23)n1.[CH3-].[Pt]. The summed E-state index contributed by atoms with van der Waals surface area (Å²) < 4.78 is 11.5. The van der Waals surface area contributed by atoms with E-state index in [0.29, 0.717) is 28.8 Å². The Bertz CT molecular complexity index is 1890. The van der Waals surface area contributed by atoms with E-state index in [-0.39, 0.29) is 75.0 Å². The van der Waals surface area contributed by atoms with Crippen molar-refractivity contribution in [3.8, 4) is 11.5 Å². The van der Waals surface area contributed by atoms with Gasteiger partial charge in [0.1, 0.15) is 24.7 Å². The molecule has 47 heavy (non-hydrogen) atoms. The smallest absolute Gasteiger partial charge is 0.277 e. The van der Waals surface area contributed by atoms with E-state index in [4.69, 9.17) is 26.7 Å². The first-order valence-electron chi connectivity index (χ1n) is 12.7. The zero-order valence-corrected chi connectivity index (χ0v) is 25.8. The van der Waals surface area contributed by atoms with Gasteiger partial charge in [0.2, 0.25) is 11.9 Å². The van der Waals surface area contributed by atoms with Crippen LogP contribution in [0.3, 0.4) is 0 Å². The van der Waals surface area contributed by atoms with Crippen molar-refractivity contribution >= 4 is 44.8 Å². The third-order valence-corrected chi connectivity index (χ3v) is 6.19. The first kappa shape index (κ1) is 41.6. The van der Waals surface area contributed by atoms with Crippen molar-refractivity contribution in [3.63, 3.8) is 0 Å². The number of hydrogen-bond acceptors (Lipinski definition) is 11. The van der Waals surface area contributed by atoms with Crippen LogP contribution >= 0.6 is 0 Å². The minimum absolute atomic E-state index is 0. The molecule has 0 atom stereocenters. The van der Waals surface area contributed by atoms with Crippen LogP contribution in [-0.4, -0.2) is 24.9 Å². The quantitative estimate of drug-likeness (QED) is 0.0628. The van der Waals surface area contributed by atoms with E-state index >= 15 is 0 Å². The van der Waals surface area contributed by atoms with Crippen LogP contribution < -0.4 is 26.7 Å². The number of nitro groups is 1. The van der Waals surface area contributed by atoms with E-state index < -0.39 is 4.92 Å². The fourth-order valence-electron chi connectivity index (χ4n) is 4.25. The predicted molar refractivity (Wildman–Crippen MR) is 187 cm³/mol. The number of nitrogens with two attached hydrogens (primary N) is 3. The minimum atomic E-state index is -0.406. The minimum Gasteiger partial charge on any atom is -0.487 e. The molecule has 0 aliphatic heterocycles. The van der Waals surface area contributed by atoms with Gasteiger partial charge in [-0.3, -0.25) is 10.1 Å². The Morgan fingerprint density at radius 2 is 1.04 bits per heavy atom. The third kappa shape index (κ3) is 10.3. The van der Waals surface area contributed by atoms with Gasteiger partial charge in [-0.15, -0.1) is 0 Å². The molecule has 0 saturated carbocycles. The zero-order valence-electron chi connectivity index (χ0n) is 23.6. The van der Waals surface area contributed by atoms with Gasteiger partial charge in [0.05, 0.1) is 21.7 Å². The predicted octanol–water partition coefficient (Wildman–Crippen LogP) is 7.43. The van der Waals surface area contributed by atoms with Gasteiger partial charge in [0.15, 0.2) is 0 Å². The molecule has 0 aliphatic rings. The summed E-state index contributed by atoms with van der Waals surface area (Å²) in [6.45, 7) is 0.537. The van der Waals surface area contributed by atoms with Crippen LogP contribution in [0.2, 0.25) is 0 Å². The molecule has 6 aromatic rings. The molecule has 13 heteroatoms. The zero-order chi connectivity index (χ0) is 29.5. The molecule has 0 unspecified atom stereocenters. The van der Waals surface area contributed by atoms with Gasteiger partial charge in [-0.2, -0.15) is 0 Å². The van der Waals surface area contributed by atoms with Crippen molar-refractivity contribution in [2.75, 3.05) is 17.2 Å². The maximum absolute atomic E-state index is 11.1. The molecule has 0 amide bonds. The first-order chi connectivity index (χ1) is 20.4. The number of nitrogen functional groups attached to an aromatic ring is 3. The summed E-state index contributed by atoms with van der Waals surface area (Å²) in [5, 5.41) is 14.3. The van der Waals surface area contributed by atoms with E-state index in [0.717, 1.165) is 27.9 Å². The monoisotopic (exact) mass is 820 g/mol. The summed E-state index contributed by atoms with van der Waals surface area (Å²) in [6, 6.07) is 25.1. The van der Waals surface area contributed by atoms with Crippen molar-refractivity contribution in [3.05, 3.63) is 126 Å². The second-order valence-electron chi connectivity index (χ2n) is 8.97. The summed E-state index contributed by atoms with van der Waals surface area (Å²) in [4.78, 5) is 26.5. The van der Waals surface area contributed by atoms with Crippen LogP contribution in [0.25, 0.3) is 21.5 Å². The van der Waals surface area contributed by atoms with Crippen LogP contribution in [0.4, 0.5) is 23.3 Å². The molecule has 6 N–H and O–H groups in total. The number of non-ortho nitro benzene ring substituents is 1. The molecular weight excluding hydrogens is 780 g/mol. The molecule has 2 heterocycles. The van der Waals surface area contributed by atoms with Crippen LogP contribution in [0.1, 0.15) is 33.7 Å². The average Bonchev–Trinajstić information content (AvgIpc) is 3.00. The number of fused-ring (bicyclic) bond motifs is 2. The summed E-state index contributed by atoms with van der Waals surface area (Å²) in [7, 11) is 0. The summed E-state index contributed by atoms with van der Waals surface area (Å²) in [5.74, 6) is 1.74. The second kappa shape index (κ2) is 19.2. The van der Waals surface area contributed by atoms with Crippen molar-refractivity contribution in [2.24, 2.45) is 0 Å². The molecule has 0 fully saturated rings. The maximum Gasteiger partial charge on any atom is 0.277 e. The molecule has 0 saturated heterocycles. The average molecular weight is 821 g/mol. The van der Waals surface area contributed by atoms with Gasteiger partial charge >= 0.3 is 0 Å². The van der Waals surface area contributed by atoms with Gasteiger partial charge in [-0.1, -0.05) is 64.7 Å². The fraction of sp³-hybridized carbons (Fsp3) is 0.147. The molecule has 4 aromatic carbocycles. The standard InChI is InChI=1S/C15H12N4O3.C15H14N4O.3CH4.CH3.Pt/c16-15-17-8-7-10(18-15)9-22-14-6-5-13(19(20)21)11-3-1-2-4-12(11)14;16-13-5-6-14(12-4-2-1-3-11(12)13)20-9-10-7-8-18-15(17)19-10;;;;;/h1-8H,9H2,(H2,16,17,18);1-8H,9,16H2,(H2,17,18,19);3*1H4;1H3;/q;;;;;-1;. The number of nitro benzene ring substituents is 1. The largest absolute Gasteiger partial charge is 0.487 e. The van der Waals surface area contributed by atoms with Crippen molar-refractivity contribution in [2.45, 2.75) is 35.5 Å². The topological polar surface area (TPSA) is 191 Å². The number of aromatic nitrogens is 4. The van der Waals surface area contributed by atoms with E-state index in [1.807, 2.05) is 42.5 Å². The fourth-order valence-corrected chi connectivity index (χ4v) is 4.25. The van der Waals surface area contributed by atoms with Gasteiger partial charge in [0.25, 0.3) is 5.69 Å². The molecule has 252 valence electrons. The van der Waals surface area contributed by atoms with Gasteiger partial charge in [0, 0.05) is 61.4 Å². The molecule has 2 aromatic heterocycles. The van der Waals surface area contributed by atoms with Crippen LogP contribution in [0, 0.1) is 17.5 Å². The summed E-state index contributed by atoms with van der Waals surface area (Å²) in [5.41, 5.74) is 19.2. The second-order valence-corrected chi connectivity index (χ2v) is 8.97. The Morgan fingerprint density at radius 3 is 1.51 bits per heavy atom. The Kier molecular flexibility index (Phi) is 17.0. The van der Waals surface area contributed by atoms with Gasteiger partial charge < -0.3 is 34.1 Å². The molecule has 0 aliphatic carbocycles. The van der Waals surface area contributed by atoms with Crippen molar-refractivity contribution < 1.29 is 35.5 Å². The van der Waals surface area contributed by atoms with Crippen LogP contribution in [0.5, 0.6) is 11.5 Å². The number of ether oxygens (including phenoxy) is 2. The molecule has 0 spiro atoms. The van der Waals surface area contributed by atoms with Crippen LogP contribution in [0.15, 0.2) is 97.3 Å². The van der Waals surface area contributed by atoms with E-state index in [9.17, 15) is 10.1 Å². The Balaban J connectivity index is 0.000000816. The van der Waals surface area contributed by atoms with Crippen molar-refractivity contribution in [1.29, 1.82) is 0 Å². The molecule has 0 bridgehead atoms. The van der Waals surface area contributed by atoms with E-state index in [2.05, 4.69) is 19.9 Å². The first-order valence-corrected chi connectivity index (χ1v) is 12.7. The summed E-state index contributed by atoms with van der Waals surface area (Å²) >= 11 is 0. The van der Waals surface area contributed by atoms with E-state index in [1.54, 1.807) is 48.8 Å². The molecule has 6 rings (SSSR count). The molecular formula is C34H41N8O4Pt-. The molecule has 12 nitrogen and oxygen atoms in total. The normalized spacial score (nSPS) is 9.45. The summed E-state index contributed by atoms with van der Waals surface area (Å²) in [6.07, 6.45) is 3.16. The number of anilines is 3. The Morgan fingerprint density at radius 1 is 0.617 bits per heavy atom. The number of benzene rings is 4. The maximum atomic E-state index is 11.1. The number of rotatable bonds is 7. The van der Waals surface area contributed by atoms with Gasteiger partial charge in [-0.05, 0) is 36.4 Å². The van der Waals surface area contributed by atoms with E-state index in [1.165, 1.54) is 6.07 Å². The molecule has 0 radical (unpaired) electrons. The number of hydrogen-bond donors (Lipinski definition) is 3. The Hall–Kier alpha value is -5.35. The van der Waals surface area contributed by atoms with Crippen molar-refractivity contribution in [1.82, 2.24) is 19.9 Å². The van der Waals surface area contributed by atoms with Crippen LogP contribution in [-0.2, 0) is 34.3 Å².